The van der Waals surface area contributed by atoms with Crippen molar-refractivity contribution in [2.24, 2.45) is 0 Å². The van der Waals surface area contributed by atoms with Gasteiger partial charge in [-0.2, -0.15) is 0 Å². The summed E-state index contributed by atoms with van der Waals surface area (Å²) in [6.07, 6.45) is 2.45. The highest BCUT2D eigenvalue weighted by molar-refractivity contribution is 5.53. The molecule has 1 fully saturated rings. The van der Waals surface area contributed by atoms with Crippen molar-refractivity contribution in [3.05, 3.63) is 77.2 Å². The Labute approximate surface area is 149 Å². The highest BCUT2D eigenvalue weighted by Gasteiger charge is 2.28. The van der Waals surface area contributed by atoms with Gasteiger partial charge < -0.3 is 4.42 Å². The minimum Gasteiger partial charge on any atom is -0.441 e. The first-order chi connectivity index (χ1) is 12.2. The fourth-order valence-corrected chi connectivity index (χ4v) is 3.80. The molecule has 128 valence electrons. The van der Waals surface area contributed by atoms with Gasteiger partial charge in [-0.25, -0.2) is 4.98 Å². The standard InChI is InChI=1S/C22H24N2O/c1-16-9-6-7-12-19(16)21-13-8-14-24(21)15-20-17(2)25-22(23-20)18-10-4-3-5-11-18/h3-7,9-12,21H,8,13-15H2,1-2H3. The van der Waals surface area contributed by atoms with Gasteiger partial charge in [-0.15, -0.1) is 0 Å². The minimum atomic E-state index is 0.484. The van der Waals surface area contributed by atoms with Crippen molar-refractivity contribution >= 4 is 0 Å². The molecule has 25 heavy (non-hydrogen) atoms. The van der Waals surface area contributed by atoms with Gasteiger partial charge in [0.1, 0.15) is 5.76 Å². The Hall–Kier alpha value is -2.39. The fourth-order valence-electron chi connectivity index (χ4n) is 3.80. The van der Waals surface area contributed by atoms with Crippen LogP contribution in [0.4, 0.5) is 0 Å². The van der Waals surface area contributed by atoms with Crippen LogP contribution < -0.4 is 0 Å². The minimum absolute atomic E-state index is 0.484. The second kappa shape index (κ2) is 6.85. The molecule has 1 saturated heterocycles. The molecule has 0 N–H and O–H groups in total. The van der Waals surface area contributed by atoms with E-state index in [-0.39, 0.29) is 0 Å². The van der Waals surface area contributed by atoms with Gasteiger partial charge in [-0.1, -0.05) is 42.5 Å². The zero-order valence-electron chi connectivity index (χ0n) is 14.9. The van der Waals surface area contributed by atoms with E-state index in [1.807, 2.05) is 37.3 Å². The van der Waals surface area contributed by atoms with Crippen molar-refractivity contribution < 1.29 is 4.42 Å². The number of oxazole rings is 1. The Morgan fingerprint density at radius 1 is 1.04 bits per heavy atom. The summed E-state index contributed by atoms with van der Waals surface area (Å²) in [5.74, 6) is 1.65. The van der Waals surface area contributed by atoms with Crippen LogP contribution in [0.2, 0.25) is 0 Å². The number of hydrogen-bond acceptors (Lipinski definition) is 3. The lowest BCUT2D eigenvalue weighted by molar-refractivity contribution is 0.244. The smallest absolute Gasteiger partial charge is 0.226 e. The summed E-state index contributed by atoms with van der Waals surface area (Å²) in [6.45, 7) is 6.20. The van der Waals surface area contributed by atoms with Crippen molar-refractivity contribution in [3.8, 4) is 11.5 Å². The van der Waals surface area contributed by atoms with E-state index in [9.17, 15) is 0 Å². The highest BCUT2D eigenvalue weighted by Crippen LogP contribution is 2.35. The van der Waals surface area contributed by atoms with E-state index >= 15 is 0 Å². The summed E-state index contributed by atoms with van der Waals surface area (Å²) in [4.78, 5) is 7.33. The van der Waals surface area contributed by atoms with Gasteiger partial charge in [0.2, 0.25) is 5.89 Å². The average Bonchev–Trinajstić information content (AvgIpc) is 3.24. The Morgan fingerprint density at radius 3 is 2.60 bits per heavy atom. The van der Waals surface area contributed by atoms with Crippen molar-refractivity contribution in [2.75, 3.05) is 6.54 Å². The number of aryl methyl sites for hydroxylation is 2. The summed E-state index contributed by atoms with van der Waals surface area (Å²) in [5, 5.41) is 0. The molecule has 3 aromatic rings. The van der Waals surface area contributed by atoms with Crippen LogP contribution in [-0.2, 0) is 6.54 Å². The molecule has 3 heteroatoms. The van der Waals surface area contributed by atoms with Crippen LogP contribution in [0.3, 0.4) is 0 Å². The average molecular weight is 332 g/mol. The predicted molar refractivity (Wildman–Crippen MR) is 100 cm³/mol. The van der Waals surface area contributed by atoms with Crippen molar-refractivity contribution in [1.29, 1.82) is 0 Å². The lowest BCUT2D eigenvalue weighted by Gasteiger charge is -2.25. The van der Waals surface area contributed by atoms with Crippen molar-refractivity contribution in [3.63, 3.8) is 0 Å². The first kappa shape index (κ1) is 16.1. The van der Waals surface area contributed by atoms with Crippen LogP contribution in [0.1, 0.15) is 41.5 Å². The van der Waals surface area contributed by atoms with Crippen LogP contribution in [0.5, 0.6) is 0 Å². The maximum absolute atomic E-state index is 5.94. The van der Waals surface area contributed by atoms with Crippen molar-refractivity contribution in [1.82, 2.24) is 9.88 Å². The Bertz CT molecular complexity index is 853. The molecule has 1 aromatic heterocycles. The van der Waals surface area contributed by atoms with Crippen LogP contribution in [-0.4, -0.2) is 16.4 Å². The molecule has 3 nitrogen and oxygen atoms in total. The van der Waals surface area contributed by atoms with Gasteiger partial charge in [-0.05, 0) is 56.5 Å². The molecule has 1 unspecified atom stereocenters. The molecule has 2 heterocycles. The zero-order valence-corrected chi connectivity index (χ0v) is 14.9. The normalized spacial score (nSPS) is 17.9. The lowest BCUT2D eigenvalue weighted by atomic mass is 9.99. The number of likely N-dealkylation sites (tertiary alicyclic amines) is 1. The van der Waals surface area contributed by atoms with Gasteiger partial charge in [0, 0.05) is 18.2 Å². The van der Waals surface area contributed by atoms with Crippen LogP contribution in [0.25, 0.3) is 11.5 Å². The molecule has 1 atom stereocenters. The van der Waals surface area contributed by atoms with E-state index in [1.54, 1.807) is 0 Å². The Balaban J connectivity index is 1.58. The van der Waals surface area contributed by atoms with Gasteiger partial charge in [0.05, 0.1) is 5.69 Å². The largest absolute Gasteiger partial charge is 0.441 e. The molecular weight excluding hydrogens is 308 g/mol. The summed E-state index contributed by atoms with van der Waals surface area (Å²) in [6, 6.07) is 19.4. The van der Waals surface area contributed by atoms with E-state index < -0.39 is 0 Å². The van der Waals surface area contributed by atoms with Gasteiger partial charge >= 0.3 is 0 Å². The molecular formula is C22H24N2O. The van der Waals surface area contributed by atoms with Gasteiger partial charge in [0.25, 0.3) is 0 Å². The maximum atomic E-state index is 5.94. The number of rotatable bonds is 4. The van der Waals surface area contributed by atoms with Crippen LogP contribution in [0.15, 0.2) is 59.0 Å². The van der Waals surface area contributed by atoms with E-state index in [0.717, 1.165) is 36.0 Å². The predicted octanol–water partition coefficient (Wildman–Crippen LogP) is 5.30. The molecule has 0 spiro atoms. The molecule has 0 saturated carbocycles. The fraction of sp³-hybridized carbons (Fsp3) is 0.318. The number of aromatic nitrogens is 1. The summed E-state index contributed by atoms with van der Waals surface area (Å²) < 4.78 is 5.94. The van der Waals surface area contributed by atoms with Gasteiger partial charge in [0.15, 0.2) is 0 Å². The molecule has 1 aliphatic heterocycles. The second-order valence-electron chi connectivity index (χ2n) is 6.87. The molecule has 4 rings (SSSR count). The first-order valence-corrected chi connectivity index (χ1v) is 9.03. The number of nitrogens with zero attached hydrogens (tertiary/aromatic N) is 2. The van der Waals surface area contributed by atoms with Crippen LogP contribution >= 0.6 is 0 Å². The monoisotopic (exact) mass is 332 g/mol. The van der Waals surface area contributed by atoms with E-state index in [2.05, 4.69) is 36.1 Å². The third kappa shape index (κ3) is 3.24. The molecule has 0 bridgehead atoms. The Morgan fingerprint density at radius 2 is 1.80 bits per heavy atom. The van der Waals surface area contributed by atoms with E-state index in [4.69, 9.17) is 9.40 Å². The molecule has 1 aliphatic rings. The molecule has 0 radical (unpaired) electrons. The topological polar surface area (TPSA) is 29.3 Å². The molecule has 0 amide bonds. The zero-order chi connectivity index (χ0) is 17.2. The lowest BCUT2D eigenvalue weighted by Crippen LogP contribution is -2.23. The second-order valence-corrected chi connectivity index (χ2v) is 6.87. The van der Waals surface area contributed by atoms with Gasteiger partial charge in [-0.3, -0.25) is 4.90 Å². The van der Waals surface area contributed by atoms with E-state index in [0.29, 0.717) is 6.04 Å². The number of benzene rings is 2. The highest BCUT2D eigenvalue weighted by atomic mass is 16.4. The van der Waals surface area contributed by atoms with E-state index in [1.165, 1.54) is 24.0 Å². The quantitative estimate of drug-likeness (QED) is 0.649. The number of hydrogen-bond donors (Lipinski definition) is 0. The Kier molecular flexibility index (Phi) is 4.41. The van der Waals surface area contributed by atoms with Crippen LogP contribution in [0, 0.1) is 13.8 Å². The third-order valence-corrected chi connectivity index (χ3v) is 5.18. The SMILES string of the molecule is Cc1ccccc1C1CCCN1Cc1nc(-c2ccccc2)oc1C. The third-order valence-electron chi connectivity index (χ3n) is 5.18. The van der Waals surface area contributed by atoms with Crippen molar-refractivity contribution in [2.45, 2.75) is 39.3 Å². The first-order valence-electron chi connectivity index (χ1n) is 9.03. The molecule has 2 aromatic carbocycles. The molecule has 0 aliphatic carbocycles. The maximum Gasteiger partial charge on any atom is 0.226 e. The summed E-state index contributed by atoms with van der Waals surface area (Å²) in [5.41, 5.74) is 4.92. The summed E-state index contributed by atoms with van der Waals surface area (Å²) >= 11 is 0. The summed E-state index contributed by atoms with van der Waals surface area (Å²) in [7, 11) is 0.